The van der Waals surface area contributed by atoms with E-state index in [4.69, 9.17) is 16.3 Å². The lowest BCUT2D eigenvalue weighted by Crippen LogP contribution is -2.47. The normalized spacial score (nSPS) is 12.0. The molecule has 0 aromatic heterocycles. The number of hydrogen-bond acceptors (Lipinski definition) is 5. The fourth-order valence-corrected chi connectivity index (χ4v) is 5.12. The first kappa shape index (κ1) is 30.1. The monoisotopic (exact) mass is 571 g/mol. The van der Waals surface area contributed by atoms with Crippen LogP contribution in [-0.4, -0.2) is 44.8 Å². The maximum Gasteiger partial charge on any atom is 0.242 e. The SMILES string of the molecule is CCNS(=O)(=O)c1ccc(CCC(=O)N(Cc2ccc(OC)cc2)[C@H](C)C(=O)NCc2ccc(Cl)cc2)cc1. The van der Waals surface area contributed by atoms with Gasteiger partial charge in [-0.3, -0.25) is 9.59 Å². The number of ether oxygens (including phenoxy) is 1. The number of nitrogens with one attached hydrogen (secondary N) is 2. The van der Waals surface area contributed by atoms with Crippen LogP contribution in [0.25, 0.3) is 0 Å². The Kier molecular flexibility index (Phi) is 10.9. The number of amides is 2. The van der Waals surface area contributed by atoms with Gasteiger partial charge >= 0.3 is 0 Å². The summed E-state index contributed by atoms with van der Waals surface area (Å²) >= 11 is 5.94. The fraction of sp³-hybridized carbons (Fsp3) is 0.310. The fourth-order valence-electron chi connectivity index (χ4n) is 3.95. The van der Waals surface area contributed by atoms with Crippen LogP contribution >= 0.6 is 11.6 Å². The van der Waals surface area contributed by atoms with Gasteiger partial charge in [0.25, 0.3) is 0 Å². The number of sulfonamides is 1. The summed E-state index contributed by atoms with van der Waals surface area (Å²) < 4.78 is 32.1. The Labute approximate surface area is 235 Å². The van der Waals surface area contributed by atoms with Crippen molar-refractivity contribution in [1.82, 2.24) is 14.9 Å². The van der Waals surface area contributed by atoms with Crippen LogP contribution in [0.3, 0.4) is 0 Å². The molecular formula is C29H34ClN3O5S. The number of methoxy groups -OCH3 is 1. The van der Waals surface area contributed by atoms with Gasteiger partial charge in [0.2, 0.25) is 21.8 Å². The van der Waals surface area contributed by atoms with Crippen LogP contribution in [0.2, 0.25) is 5.02 Å². The minimum atomic E-state index is -3.55. The maximum absolute atomic E-state index is 13.4. The van der Waals surface area contributed by atoms with Crippen molar-refractivity contribution in [3.63, 3.8) is 0 Å². The van der Waals surface area contributed by atoms with Gasteiger partial charge in [-0.15, -0.1) is 0 Å². The number of hydrogen-bond donors (Lipinski definition) is 2. The van der Waals surface area contributed by atoms with E-state index in [1.807, 2.05) is 36.4 Å². The number of rotatable bonds is 13. The van der Waals surface area contributed by atoms with E-state index in [-0.39, 0.29) is 29.7 Å². The lowest BCUT2D eigenvalue weighted by Gasteiger charge is -2.29. The molecule has 0 saturated carbocycles. The molecule has 0 heterocycles. The molecule has 39 heavy (non-hydrogen) atoms. The highest BCUT2D eigenvalue weighted by Gasteiger charge is 2.26. The zero-order chi connectivity index (χ0) is 28.4. The van der Waals surface area contributed by atoms with Crippen molar-refractivity contribution in [3.05, 3.63) is 94.5 Å². The molecule has 1 atom stereocenters. The molecule has 3 aromatic rings. The average Bonchev–Trinajstić information content (AvgIpc) is 2.94. The molecule has 10 heteroatoms. The molecular weight excluding hydrogens is 538 g/mol. The van der Waals surface area contributed by atoms with Crippen LogP contribution in [-0.2, 0) is 39.1 Å². The van der Waals surface area contributed by atoms with Crippen LogP contribution in [0.15, 0.2) is 77.7 Å². The molecule has 0 aliphatic carbocycles. The van der Waals surface area contributed by atoms with Crippen LogP contribution < -0.4 is 14.8 Å². The van der Waals surface area contributed by atoms with Crippen molar-refractivity contribution >= 4 is 33.4 Å². The van der Waals surface area contributed by atoms with Crippen molar-refractivity contribution in [2.45, 2.75) is 50.7 Å². The molecule has 208 valence electrons. The van der Waals surface area contributed by atoms with Crippen molar-refractivity contribution in [2.24, 2.45) is 0 Å². The van der Waals surface area contributed by atoms with Crippen molar-refractivity contribution < 1.29 is 22.7 Å². The summed E-state index contributed by atoms with van der Waals surface area (Å²) in [5, 5.41) is 3.52. The van der Waals surface area contributed by atoms with Gasteiger partial charge in [0.05, 0.1) is 12.0 Å². The topological polar surface area (TPSA) is 105 Å². The highest BCUT2D eigenvalue weighted by Crippen LogP contribution is 2.18. The van der Waals surface area contributed by atoms with Gasteiger partial charge in [0, 0.05) is 31.1 Å². The lowest BCUT2D eigenvalue weighted by molar-refractivity contribution is -0.140. The quantitative estimate of drug-likeness (QED) is 0.318. The Morgan fingerprint density at radius 2 is 1.51 bits per heavy atom. The van der Waals surface area contributed by atoms with Crippen LogP contribution in [0.4, 0.5) is 0 Å². The predicted molar refractivity (Wildman–Crippen MR) is 152 cm³/mol. The summed E-state index contributed by atoms with van der Waals surface area (Å²) in [4.78, 5) is 28.2. The lowest BCUT2D eigenvalue weighted by atomic mass is 10.1. The minimum absolute atomic E-state index is 0.157. The van der Waals surface area contributed by atoms with Crippen molar-refractivity contribution in [3.8, 4) is 5.75 Å². The summed E-state index contributed by atoms with van der Waals surface area (Å²) in [6, 6.07) is 20.3. The van der Waals surface area contributed by atoms with E-state index in [1.54, 1.807) is 50.1 Å². The standard InChI is InChI=1S/C29H34ClN3O5S/c1-4-32-39(36,37)27-16-9-22(10-17-27)11-18-28(34)33(20-24-7-14-26(38-3)15-8-24)21(2)29(35)31-19-23-5-12-25(30)13-6-23/h5-10,12-17,21,32H,4,11,18-20H2,1-3H3,(H,31,35)/t21-/m1/s1. The van der Waals surface area contributed by atoms with Gasteiger partial charge < -0.3 is 15.0 Å². The number of nitrogens with zero attached hydrogens (tertiary/aromatic N) is 1. The van der Waals surface area contributed by atoms with Crippen molar-refractivity contribution in [2.75, 3.05) is 13.7 Å². The molecule has 8 nitrogen and oxygen atoms in total. The third-order valence-corrected chi connectivity index (χ3v) is 8.07. The molecule has 2 amide bonds. The Bertz CT molecular complexity index is 1350. The molecule has 0 spiro atoms. The number of carbonyl (C=O) groups excluding carboxylic acids is 2. The van der Waals surface area contributed by atoms with E-state index in [9.17, 15) is 18.0 Å². The largest absolute Gasteiger partial charge is 0.497 e. The first-order chi connectivity index (χ1) is 18.6. The Hall–Kier alpha value is -3.40. The second-order valence-electron chi connectivity index (χ2n) is 9.04. The zero-order valence-corrected chi connectivity index (χ0v) is 23.9. The summed E-state index contributed by atoms with van der Waals surface area (Å²) in [7, 11) is -1.96. The Balaban J connectivity index is 1.70. The molecule has 2 N–H and O–H groups in total. The summed E-state index contributed by atoms with van der Waals surface area (Å²) in [6.07, 6.45) is 0.558. The number of benzene rings is 3. The van der Waals surface area contributed by atoms with Crippen LogP contribution in [0, 0.1) is 0 Å². The Morgan fingerprint density at radius 3 is 2.10 bits per heavy atom. The van der Waals surface area contributed by atoms with E-state index in [0.29, 0.717) is 30.3 Å². The molecule has 0 fully saturated rings. The number of aryl methyl sites for hydroxylation is 1. The van der Waals surface area contributed by atoms with E-state index < -0.39 is 16.1 Å². The van der Waals surface area contributed by atoms with Gasteiger partial charge in [0.15, 0.2) is 0 Å². The van der Waals surface area contributed by atoms with Gasteiger partial charge in [-0.05, 0) is 66.4 Å². The zero-order valence-electron chi connectivity index (χ0n) is 22.3. The Morgan fingerprint density at radius 1 is 0.923 bits per heavy atom. The summed E-state index contributed by atoms with van der Waals surface area (Å²) in [6.45, 7) is 4.28. The van der Waals surface area contributed by atoms with E-state index >= 15 is 0 Å². The van der Waals surface area contributed by atoms with E-state index in [0.717, 1.165) is 16.7 Å². The summed E-state index contributed by atoms with van der Waals surface area (Å²) in [5.41, 5.74) is 2.58. The molecule has 0 bridgehead atoms. The predicted octanol–water partition coefficient (Wildman–Crippen LogP) is 4.31. The highest BCUT2D eigenvalue weighted by molar-refractivity contribution is 7.89. The minimum Gasteiger partial charge on any atom is -0.497 e. The molecule has 0 radical (unpaired) electrons. The molecule has 0 unspecified atom stereocenters. The van der Waals surface area contributed by atoms with Gasteiger partial charge in [-0.25, -0.2) is 13.1 Å². The van der Waals surface area contributed by atoms with Crippen molar-refractivity contribution in [1.29, 1.82) is 0 Å². The molecule has 0 saturated heterocycles. The van der Waals surface area contributed by atoms with E-state index in [2.05, 4.69) is 10.0 Å². The summed E-state index contributed by atoms with van der Waals surface area (Å²) in [5.74, 6) is 0.235. The first-order valence-electron chi connectivity index (χ1n) is 12.7. The van der Waals surface area contributed by atoms with Gasteiger partial charge in [-0.2, -0.15) is 0 Å². The molecule has 0 aliphatic rings. The highest BCUT2D eigenvalue weighted by atomic mass is 35.5. The second-order valence-corrected chi connectivity index (χ2v) is 11.2. The third-order valence-electron chi connectivity index (χ3n) is 6.25. The average molecular weight is 572 g/mol. The molecule has 0 aliphatic heterocycles. The van der Waals surface area contributed by atoms with E-state index in [1.165, 1.54) is 12.1 Å². The number of halogens is 1. The smallest absolute Gasteiger partial charge is 0.242 e. The first-order valence-corrected chi connectivity index (χ1v) is 14.5. The van der Waals surface area contributed by atoms with Crippen LogP contribution in [0.1, 0.15) is 37.0 Å². The molecule has 3 rings (SSSR count). The maximum atomic E-state index is 13.4. The van der Waals surface area contributed by atoms with Gasteiger partial charge in [0.1, 0.15) is 11.8 Å². The van der Waals surface area contributed by atoms with Crippen LogP contribution in [0.5, 0.6) is 5.75 Å². The van der Waals surface area contributed by atoms with Gasteiger partial charge in [-0.1, -0.05) is 54.9 Å². The number of carbonyl (C=O) groups is 2. The molecule has 3 aromatic carbocycles. The second kappa shape index (κ2) is 14.1. The third kappa shape index (κ3) is 8.81.